The van der Waals surface area contributed by atoms with Crippen LogP contribution >= 0.6 is 12.2 Å². The summed E-state index contributed by atoms with van der Waals surface area (Å²) in [7, 11) is 1.82. The van der Waals surface area contributed by atoms with Crippen LogP contribution in [-0.4, -0.2) is 210 Å². The van der Waals surface area contributed by atoms with E-state index < -0.39 is 17.9 Å². The number of rotatable bonds is 31. The van der Waals surface area contributed by atoms with E-state index in [0.717, 1.165) is 24.5 Å². The highest BCUT2D eigenvalue weighted by Gasteiger charge is 2.17. The number of hydrogen-bond acceptors (Lipinski definition) is 9. The number of nitrogens with one attached hydrogen (secondary N) is 3. The third-order valence-corrected chi connectivity index (χ3v) is 8.46. The van der Waals surface area contributed by atoms with Crippen LogP contribution in [0.4, 0.5) is 0 Å². The molecule has 20 heteroatoms. The third kappa shape index (κ3) is 106. The van der Waals surface area contributed by atoms with E-state index >= 15 is 0 Å². The summed E-state index contributed by atoms with van der Waals surface area (Å²) >= 11 is 4.85. The van der Waals surface area contributed by atoms with Crippen molar-refractivity contribution in [2.75, 3.05) is 85.6 Å². The van der Waals surface area contributed by atoms with Crippen molar-refractivity contribution >= 4 is 107 Å². The van der Waals surface area contributed by atoms with E-state index in [4.69, 9.17) is 27.5 Å². The lowest BCUT2D eigenvalue weighted by molar-refractivity contribution is -0.140. The lowest BCUT2D eigenvalue weighted by atomic mass is 10.3. The van der Waals surface area contributed by atoms with E-state index in [-0.39, 0.29) is 111 Å². The molecule has 0 aromatic carbocycles. The Morgan fingerprint density at radius 1 is 0.415 bits per heavy atom. The van der Waals surface area contributed by atoms with Gasteiger partial charge in [0.25, 0.3) is 0 Å². The monoisotopic (exact) mass is 1060 g/mol. The maximum Gasteiger partial charge on any atom is 0.317 e. The number of Topliss-reactive ketones (excluding diaryl/α,β-unsaturated/α-hetero) is 1. The van der Waals surface area contributed by atoms with Crippen LogP contribution in [0.25, 0.3) is 0 Å². The summed E-state index contributed by atoms with van der Waals surface area (Å²) in [6, 6.07) is 0. The Morgan fingerprint density at radius 3 is 1.00 bits per heavy atom. The molecule has 404 valence electrons. The van der Waals surface area contributed by atoms with Crippen LogP contribution in [0, 0.1) is 0 Å². The zero-order chi connectivity index (χ0) is 46.5. The Labute approximate surface area is 434 Å². The number of hydrogen-bond donors (Lipinski definition) is 6. The zero-order valence-corrected chi connectivity index (χ0v) is 41.3. The maximum absolute atomic E-state index is 11.3. The number of nitrogens with zero attached hydrogens (tertiary/aromatic N) is 3. The number of thiocarbonyl (C=S) groups is 1. The molecule has 0 aliphatic rings. The van der Waals surface area contributed by atoms with Crippen molar-refractivity contribution in [2.24, 2.45) is 0 Å². The number of aliphatic carboxylic acids is 3. The fourth-order valence-electron chi connectivity index (χ4n) is 4.72. The fraction of sp³-hybridized carbons (Fsp3) is 0.889. The molecule has 0 rings (SSSR count). The highest BCUT2D eigenvalue weighted by atomic mass is 32.1. The first-order valence-corrected chi connectivity index (χ1v) is 23.5. The van der Waals surface area contributed by atoms with Gasteiger partial charge in [-0.3, -0.25) is 33.9 Å². The molecule has 0 radical (unpaired) electrons. The molecule has 65 heavy (non-hydrogen) atoms. The number of carboxylic acid groups (broad SMARTS) is 3. The standard InChI is InChI=1S/C17H31N3O7.C7H17N.C6H14N2S.3C5H12.6H4Si/c1-3-4-5-18(11-15(22)23)6-7-19(12-16(24)25)8-9-20(10-14(2)21)13-17(26)27;1-3-5-7-8-6-4-2;1-3-4-5-8-6(9)7-2;3*1-3-5-4-2;;;;;;/h3-13H2,1-2H3,(H,22,23)(H,24,25)(H,26,27);8H,3-7H2,1-2H3;3-5H2,1-2H3,(H2,7,8,9);3*3-5H2,1-2H3;6*1H4. The summed E-state index contributed by atoms with van der Waals surface area (Å²) in [6.07, 6.45) is 20.3. The highest BCUT2D eigenvalue weighted by Crippen LogP contribution is 1.99. The minimum atomic E-state index is -1.06. The first-order chi connectivity index (χ1) is 28.1. The number of carboxylic acids is 3. The predicted molar refractivity (Wildman–Crippen MR) is 324 cm³/mol. The van der Waals surface area contributed by atoms with Gasteiger partial charge in [0.2, 0.25) is 0 Å². The van der Waals surface area contributed by atoms with Gasteiger partial charge in [-0.25, -0.2) is 0 Å². The number of carbonyl (C=O) groups excluding carboxylic acids is 1. The smallest absolute Gasteiger partial charge is 0.317 e. The molecule has 0 bridgehead atoms. The largest absolute Gasteiger partial charge is 0.480 e. The van der Waals surface area contributed by atoms with Gasteiger partial charge in [0, 0.05) is 39.8 Å². The lowest BCUT2D eigenvalue weighted by Crippen LogP contribution is -2.44. The first-order valence-electron chi connectivity index (χ1n) is 23.1. The van der Waals surface area contributed by atoms with Crippen molar-refractivity contribution < 1.29 is 34.5 Å². The Hall–Kier alpha value is -1.09. The molecule has 0 aromatic rings. The van der Waals surface area contributed by atoms with E-state index in [1.807, 2.05) is 14.0 Å². The van der Waals surface area contributed by atoms with Gasteiger partial charge in [0.1, 0.15) is 5.78 Å². The minimum absolute atomic E-state index is 0. The van der Waals surface area contributed by atoms with Crippen LogP contribution in [0.3, 0.4) is 0 Å². The van der Waals surface area contributed by atoms with Crippen LogP contribution in [0.15, 0.2) is 0 Å². The van der Waals surface area contributed by atoms with Crippen molar-refractivity contribution in [1.29, 1.82) is 0 Å². The van der Waals surface area contributed by atoms with Gasteiger partial charge in [0.05, 0.1) is 26.2 Å². The highest BCUT2D eigenvalue weighted by molar-refractivity contribution is 7.80. The topological polar surface area (TPSA) is 175 Å². The van der Waals surface area contributed by atoms with Crippen molar-refractivity contribution in [3.8, 4) is 0 Å². The average molecular weight is 1060 g/mol. The molecule has 0 heterocycles. The van der Waals surface area contributed by atoms with E-state index in [1.165, 1.54) is 115 Å². The molecule has 0 aliphatic heterocycles. The fourth-order valence-corrected chi connectivity index (χ4v) is 4.82. The number of unbranched alkanes of at least 4 members (excludes halogenated alkanes) is 9. The van der Waals surface area contributed by atoms with Gasteiger partial charge in [-0.1, -0.05) is 146 Å². The van der Waals surface area contributed by atoms with Crippen LogP contribution in [0.5, 0.6) is 0 Å². The number of ketones is 1. The summed E-state index contributed by atoms with van der Waals surface area (Å²) in [4.78, 5) is 49.1. The van der Waals surface area contributed by atoms with E-state index in [1.54, 1.807) is 9.80 Å². The van der Waals surface area contributed by atoms with Gasteiger partial charge < -0.3 is 31.3 Å². The SMILES string of the molecule is CCCCC.CCCCC.CCCCC.CCCCN(CCN(CCN(CC(C)=O)CC(=O)O)CC(=O)O)CC(=O)O.CCCCNC(=S)NC.CCCCNCCC.[SiH4].[SiH4].[SiH4].[SiH4].[SiH4].[SiH4]. The van der Waals surface area contributed by atoms with Gasteiger partial charge in [-0.05, 0) is 130 Å². The quantitative estimate of drug-likeness (QED) is 0.0313. The Balaban J connectivity index is -0.0000000609. The summed E-state index contributed by atoms with van der Waals surface area (Å²) < 4.78 is 0. The van der Waals surface area contributed by atoms with Gasteiger partial charge in [-0.15, -0.1) is 0 Å². The molecule has 13 nitrogen and oxygen atoms in total. The molecule has 0 saturated carbocycles. The van der Waals surface area contributed by atoms with Gasteiger partial charge in [0.15, 0.2) is 5.11 Å². The van der Waals surface area contributed by atoms with Crippen LogP contribution in [0.2, 0.25) is 0 Å². The maximum atomic E-state index is 11.3. The molecular formula is C45H122N6O7SSi6. The normalized spacial score (nSPS) is 9.03. The second kappa shape index (κ2) is 83.0. The molecule has 0 atom stereocenters. The predicted octanol–water partition coefficient (Wildman–Crippen LogP) is 0.0817. The third-order valence-electron chi connectivity index (χ3n) is 8.11. The number of carbonyl (C=O) groups is 4. The molecule has 0 spiro atoms. The summed E-state index contributed by atoms with van der Waals surface area (Å²) in [6.45, 7) is 27.7. The Morgan fingerprint density at radius 2 is 0.723 bits per heavy atom. The molecule has 0 saturated heterocycles. The summed E-state index contributed by atoms with van der Waals surface area (Å²) in [5, 5.41) is 37.0. The van der Waals surface area contributed by atoms with Crippen molar-refractivity contribution in [2.45, 2.75) is 179 Å². The van der Waals surface area contributed by atoms with Crippen molar-refractivity contribution in [1.82, 2.24) is 30.7 Å². The molecule has 0 unspecified atom stereocenters. The molecular weight excluding hydrogens is 937 g/mol. The van der Waals surface area contributed by atoms with Crippen molar-refractivity contribution in [3.05, 3.63) is 0 Å². The second-order valence-corrected chi connectivity index (χ2v) is 14.9. The summed E-state index contributed by atoms with van der Waals surface area (Å²) in [5.41, 5.74) is 0. The van der Waals surface area contributed by atoms with Gasteiger partial charge >= 0.3 is 17.9 Å². The van der Waals surface area contributed by atoms with Crippen LogP contribution in [-0.2, 0) is 19.2 Å². The molecule has 0 aromatic heterocycles. The first kappa shape index (κ1) is 93.9. The zero-order valence-electron chi connectivity index (χ0n) is 40.5. The van der Waals surface area contributed by atoms with E-state index in [0.29, 0.717) is 19.6 Å². The van der Waals surface area contributed by atoms with Crippen LogP contribution in [0.1, 0.15) is 179 Å². The molecule has 0 aliphatic carbocycles. The molecule has 0 fully saturated rings. The lowest BCUT2D eigenvalue weighted by Gasteiger charge is -2.28. The average Bonchev–Trinajstić information content (AvgIpc) is 3.18. The Kier molecular flexibility index (Phi) is 120. The van der Waals surface area contributed by atoms with E-state index in [2.05, 4.69) is 78.3 Å². The molecule has 6 N–H and O–H groups in total. The second-order valence-electron chi connectivity index (χ2n) is 14.5. The van der Waals surface area contributed by atoms with Crippen LogP contribution < -0.4 is 16.0 Å². The van der Waals surface area contributed by atoms with Gasteiger partial charge in [-0.2, -0.15) is 0 Å². The minimum Gasteiger partial charge on any atom is -0.480 e. The van der Waals surface area contributed by atoms with E-state index in [9.17, 15) is 19.2 Å². The molecule has 0 amide bonds. The van der Waals surface area contributed by atoms with Crippen molar-refractivity contribution in [3.63, 3.8) is 0 Å². The summed E-state index contributed by atoms with van der Waals surface area (Å²) in [5.74, 6) is -3.20. The Bertz CT molecular complexity index is 889.